The molecule has 0 aliphatic carbocycles. The number of halogens is 1. The van der Waals surface area contributed by atoms with Gasteiger partial charge in [-0.25, -0.2) is 0 Å². The van der Waals surface area contributed by atoms with Crippen molar-refractivity contribution in [3.8, 4) is 0 Å². The highest BCUT2D eigenvalue weighted by molar-refractivity contribution is 6.65. The zero-order chi connectivity index (χ0) is 17.0. The molecular weight excluding hydrogens is 320 g/mol. The van der Waals surface area contributed by atoms with Gasteiger partial charge in [0.2, 0.25) is 17.3 Å². The number of benzene rings is 1. The van der Waals surface area contributed by atoms with Crippen molar-refractivity contribution in [3.05, 3.63) is 43.5 Å². The van der Waals surface area contributed by atoms with Crippen LogP contribution in [0.4, 0.5) is 11.4 Å². The van der Waals surface area contributed by atoms with E-state index >= 15 is 0 Å². The number of hydrazone groups is 1. The zero-order valence-electron chi connectivity index (χ0n) is 11.3. The van der Waals surface area contributed by atoms with Gasteiger partial charge >= 0.3 is 5.69 Å². The molecule has 0 radical (unpaired) electrons. The third kappa shape index (κ3) is 3.82. The third-order valence-electron chi connectivity index (χ3n) is 2.37. The van der Waals surface area contributed by atoms with E-state index in [1.165, 1.54) is 6.07 Å². The molecule has 0 aliphatic heterocycles. The van der Waals surface area contributed by atoms with E-state index in [-0.39, 0.29) is 10.1 Å². The normalized spacial score (nSPS) is 9.77. The molecule has 0 saturated heterocycles. The number of Topliss-reactive ketones (excluding diaryl/α,β-unsaturated/α-hetero) is 2. The number of carbonyl (C=O) groups excluding carboxylic acids is 2. The first-order chi connectivity index (χ1) is 10.1. The number of ketones is 2. The summed E-state index contributed by atoms with van der Waals surface area (Å²) in [6.07, 6.45) is 0. The Morgan fingerprint density at radius 2 is 1.73 bits per heavy atom. The summed E-state index contributed by atoms with van der Waals surface area (Å²) in [6.45, 7) is 1.99. The predicted octanol–water partition coefficient (Wildman–Crippen LogP) is 1.78. The Bertz CT molecular complexity index is 686. The van der Waals surface area contributed by atoms with Crippen molar-refractivity contribution in [2.45, 2.75) is 13.8 Å². The lowest BCUT2D eigenvalue weighted by atomic mass is 10.2. The van der Waals surface area contributed by atoms with Gasteiger partial charge in [0.15, 0.2) is 0 Å². The molecule has 0 spiro atoms. The zero-order valence-corrected chi connectivity index (χ0v) is 12.1. The van der Waals surface area contributed by atoms with Gasteiger partial charge in [-0.2, -0.15) is 0 Å². The molecule has 10 nitrogen and oxygen atoms in total. The van der Waals surface area contributed by atoms with Crippen molar-refractivity contribution in [1.82, 2.24) is 0 Å². The van der Waals surface area contributed by atoms with E-state index in [9.17, 15) is 29.8 Å². The number of hydrogen-bond acceptors (Lipinski definition) is 7. The minimum atomic E-state index is -1.10. The molecule has 0 saturated carbocycles. The Hall–Kier alpha value is -2.88. The molecule has 1 rings (SSSR count). The van der Waals surface area contributed by atoms with Crippen LogP contribution in [0.1, 0.15) is 13.8 Å². The highest BCUT2D eigenvalue weighted by Crippen LogP contribution is 2.31. The Morgan fingerprint density at radius 3 is 2.14 bits per heavy atom. The van der Waals surface area contributed by atoms with Crippen LogP contribution in [0.15, 0.2) is 23.3 Å². The van der Waals surface area contributed by atoms with Gasteiger partial charge in [-0.05, 0) is 12.1 Å². The van der Waals surface area contributed by atoms with Crippen LogP contribution in [-0.2, 0) is 9.59 Å². The largest absolute Gasteiger partial charge is 0.339 e. The summed E-state index contributed by atoms with van der Waals surface area (Å²) in [5.74, 6) is -1.62. The van der Waals surface area contributed by atoms with E-state index in [2.05, 4.69) is 5.10 Å². The van der Waals surface area contributed by atoms with Crippen molar-refractivity contribution < 1.29 is 19.5 Å². The summed E-state index contributed by atoms with van der Waals surface area (Å²) in [6, 6.07) is 3.06. The number of rotatable bonds is 6. The molecule has 0 amide bonds. The maximum atomic E-state index is 11.3. The van der Waals surface area contributed by atoms with Gasteiger partial charge in [0, 0.05) is 30.1 Å². The molecule has 116 valence electrons. The SMILES string of the molecule is CC(=O)C(=NN(c1ccc(Cl)cc1[N+](=O)[O-])[N+](=O)[O-])C(C)=O. The van der Waals surface area contributed by atoms with E-state index in [1.807, 2.05) is 0 Å². The van der Waals surface area contributed by atoms with E-state index in [4.69, 9.17) is 11.6 Å². The summed E-state index contributed by atoms with van der Waals surface area (Å²) in [4.78, 5) is 43.7. The van der Waals surface area contributed by atoms with Gasteiger partial charge in [-0.3, -0.25) is 19.7 Å². The quantitative estimate of drug-likeness (QED) is 0.336. The van der Waals surface area contributed by atoms with Crippen molar-refractivity contribution >= 4 is 40.3 Å². The van der Waals surface area contributed by atoms with Gasteiger partial charge in [0.05, 0.1) is 15.1 Å². The van der Waals surface area contributed by atoms with Crippen LogP contribution in [0.5, 0.6) is 0 Å². The summed E-state index contributed by atoms with van der Waals surface area (Å²) >= 11 is 5.61. The molecule has 0 heterocycles. The Balaban J connectivity index is 3.55. The van der Waals surface area contributed by atoms with E-state index in [0.29, 0.717) is 0 Å². The maximum absolute atomic E-state index is 11.3. The van der Waals surface area contributed by atoms with Crippen molar-refractivity contribution in [3.63, 3.8) is 0 Å². The lowest BCUT2D eigenvalue weighted by molar-refractivity contribution is -0.496. The first kappa shape index (κ1) is 17.2. The highest BCUT2D eigenvalue weighted by Gasteiger charge is 2.31. The summed E-state index contributed by atoms with van der Waals surface area (Å²) in [5.41, 5.74) is -1.94. The number of nitro groups is 2. The second kappa shape index (κ2) is 6.72. The van der Waals surface area contributed by atoms with E-state index in [0.717, 1.165) is 26.0 Å². The first-order valence-electron chi connectivity index (χ1n) is 5.64. The van der Waals surface area contributed by atoms with Crippen molar-refractivity contribution in [1.29, 1.82) is 0 Å². The first-order valence-corrected chi connectivity index (χ1v) is 6.01. The molecule has 0 aromatic heterocycles. The monoisotopic (exact) mass is 328 g/mol. The van der Waals surface area contributed by atoms with Gasteiger partial charge in [-0.15, -0.1) is 0 Å². The summed E-state index contributed by atoms with van der Waals surface area (Å²) < 4.78 is 0. The fourth-order valence-corrected chi connectivity index (χ4v) is 1.64. The number of hydrogen-bond donors (Lipinski definition) is 0. The molecule has 0 atom stereocenters. The van der Waals surface area contributed by atoms with Crippen LogP contribution in [-0.4, -0.2) is 27.2 Å². The number of nitrogens with zero attached hydrogens (tertiary/aromatic N) is 4. The predicted molar refractivity (Wildman–Crippen MR) is 76.4 cm³/mol. The molecule has 0 unspecified atom stereocenters. The van der Waals surface area contributed by atoms with Gasteiger partial charge in [0.25, 0.3) is 5.71 Å². The second-order valence-corrected chi connectivity index (χ2v) is 4.41. The fourth-order valence-electron chi connectivity index (χ4n) is 1.47. The summed E-state index contributed by atoms with van der Waals surface area (Å²) in [5, 5.41) is 24.3. The average molecular weight is 329 g/mol. The molecule has 11 heteroatoms. The molecule has 0 fully saturated rings. The lowest BCUT2D eigenvalue weighted by Crippen LogP contribution is -2.30. The van der Waals surface area contributed by atoms with Gasteiger partial charge in [0.1, 0.15) is 0 Å². The minimum absolute atomic E-state index is 0.00735. The van der Waals surface area contributed by atoms with Gasteiger partial charge in [-0.1, -0.05) is 11.6 Å². The molecule has 0 bridgehead atoms. The Kier molecular flexibility index (Phi) is 5.24. The topological polar surface area (TPSA) is 136 Å². The number of anilines is 1. The van der Waals surface area contributed by atoms with Crippen LogP contribution in [0.2, 0.25) is 5.02 Å². The van der Waals surface area contributed by atoms with E-state index in [1.54, 1.807) is 0 Å². The Morgan fingerprint density at radius 1 is 1.18 bits per heavy atom. The number of hydrazine groups is 1. The average Bonchev–Trinajstić information content (AvgIpc) is 2.38. The van der Waals surface area contributed by atoms with Crippen LogP contribution in [0.25, 0.3) is 0 Å². The molecule has 0 N–H and O–H groups in total. The van der Waals surface area contributed by atoms with Crippen molar-refractivity contribution in [2.75, 3.05) is 5.12 Å². The summed E-state index contributed by atoms with van der Waals surface area (Å²) in [7, 11) is 0. The number of nitro benzene ring substituents is 1. The smallest absolute Gasteiger partial charge is 0.302 e. The minimum Gasteiger partial charge on any atom is -0.339 e. The van der Waals surface area contributed by atoms with E-state index < -0.39 is 38.6 Å². The van der Waals surface area contributed by atoms with Crippen LogP contribution in [0.3, 0.4) is 0 Å². The molecule has 0 aliphatic rings. The number of carbonyl (C=O) groups is 2. The fraction of sp³-hybridized carbons (Fsp3) is 0.182. The molecule has 22 heavy (non-hydrogen) atoms. The van der Waals surface area contributed by atoms with Crippen molar-refractivity contribution in [2.24, 2.45) is 5.10 Å². The highest BCUT2D eigenvalue weighted by atomic mass is 35.5. The second-order valence-electron chi connectivity index (χ2n) is 3.98. The van der Waals surface area contributed by atoms with Crippen LogP contribution >= 0.6 is 11.6 Å². The van der Waals surface area contributed by atoms with Crippen LogP contribution < -0.4 is 5.12 Å². The van der Waals surface area contributed by atoms with Crippen LogP contribution in [0, 0.1) is 20.2 Å². The standard InChI is InChI=1S/C11H9ClN4O6/c1-6(17)11(7(2)18)13-14(16(21)22)9-4-3-8(12)5-10(9)15(19)20/h3-5H,1-2H3. The van der Waals surface area contributed by atoms with Gasteiger partial charge < -0.3 is 10.1 Å². The Labute approximate surface area is 128 Å². The third-order valence-corrected chi connectivity index (χ3v) is 2.60. The maximum Gasteiger partial charge on any atom is 0.302 e. The molecular formula is C11H9ClN4O6. The lowest BCUT2D eigenvalue weighted by Gasteiger charge is -2.09. The molecule has 1 aromatic rings. The molecule has 1 aromatic carbocycles.